The number of morpholine rings is 1. The lowest BCUT2D eigenvalue weighted by Gasteiger charge is -2.30. The number of carbonyl (C=O) groups is 1. The van der Waals surface area contributed by atoms with Gasteiger partial charge in [-0.2, -0.15) is 0 Å². The molecule has 0 radical (unpaired) electrons. The Morgan fingerprint density at radius 2 is 1.61 bits per heavy atom. The third kappa shape index (κ3) is 8.24. The van der Waals surface area contributed by atoms with Crippen molar-refractivity contribution in [3.63, 3.8) is 0 Å². The Labute approximate surface area is 267 Å². The summed E-state index contributed by atoms with van der Waals surface area (Å²) in [5, 5.41) is 0.629. The molecule has 0 unspecified atom stereocenters. The van der Waals surface area contributed by atoms with Gasteiger partial charge in [0.1, 0.15) is 11.9 Å². The fourth-order valence-corrected chi connectivity index (χ4v) is 6.26. The Balaban J connectivity index is 1.68. The third-order valence-corrected chi connectivity index (χ3v) is 9.01. The second-order valence-corrected chi connectivity index (χ2v) is 12.7. The van der Waals surface area contributed by atoms with E-state index in [1.807, 2.05) is 0 Å². The van der Waals surface area contributed by atoms with Crippen LogP contribution >= 0.6 is 23.2 Å². The predicted octanol–water partition coefficient (Wildman–Crippen LogP) is 4.65. The van der Waals surface area contributed by atoms with Gasteiger partial charge >= 0.3 is 5.97 Å². The van der Waals surface area contributed by atoms with Gasteiger partial charge in [0.15, 0.2) is 11.5 Å². The summed E-state index contributed by atoms with van der Waals surface area (Å²) in [5.41, 5.74) is 1.48. The average Bonchev–Trinajstić information content (AvgIpc) is 3.01. The number of sulfonamides is 1. The van der Waals surface area contributed by atoms with Gasteiger partial charge in [-0.1, -0.05) is 29.3 Å². The van der Waals surface area contributed by atoms with Crippen molar-refractivity contribution in [3.05, 3.63) is 75.5 Å². The molecule has 1 atom stereocenters. The number of rotatable bonds is 13. The molecule has 0 aliphatic carbocycles. The van der Waals surface area contributed by atoms with Crippen LogP contribution in [0.5, 0.6) is 17.2 Å². The SMILES string of the molecule is COc1ccc([C@H](Cc2c(Cl)cncc2Cl)OC(=O)c2ccc(OC)c(N(CCN3CCOCC3)S(C)(=O)=O)c2)cc1OC. The number of nitrogens with zero attached hydrogens (tertiary/aromatic N) is 3. The largest absolute Gasteiger partial charge is 0.495 e. The molecule has 1 aliphatic heterocycles. The summed E-state index contributed by atoms with van der Waals surface area (Å²) in [5.74, 6) is 0.533. The van der Waals surface area contributed by atoms with E-state index in [9.17, 15) is 13.2 Å². The van der Waals surface area contributed by atoms with Gasteiger partial charge < -0.3 is 23.7 Å². The van der Waals surface area contributed by atoms with E-state index >= 15 is 0 Å². The van der Waals surface area contributed by atoms with Gasteiger partial charge in [-0.3, -0.25) is 14.2 Å². The lowest BCUT2D eigenvalue weighted by atomic mass is 10.0. The van der Waals surface area contributed by atoms with Crippen LogP contribution in [0.25, 0.3) is 0 Å². The average molecular weight is 669 g/mol. The molecule has 1 saturated heterocycles. The quantitative estimate of drug-likeness (QED) is 0.238. The van der Waals surface area contributed by atoms with E-state index in [0.717, 1.165) is 6.26 Å². The molecule has 0 spiro atoms. The molecule has 2 aromatic carbocycles. The normalized spacial score (nSPS) is 14.5. The summed E-state index contributed by atoms with van der Waals surface area (Å²) in [6.07, 6.45) is 3.30. The molecule has 1 aliphatic rings. The van der Waals surface area contributed by atoms with Crippen molar-refractivity contribution in [2.24, 2.45) is 0 Å². The third-order valence-electron chi connectivity index (χ3n) is 7.18. The fraction of sp³-hybridized carbons (Fsp3) is 0.400. The van der Waals surface area contributed by atoms with Gasteiger partial charge in [-0.15, -0.1) is 0 Å². The van der Waals surface area contributed by atoms with E-state index in [1.54, 1.807) is 24.3 Å². The van der Waals surface area contributed by atoms with Crippen molar-refractivity contribution >= 4 is 44.9 Å². The lowest BCUT2D eigenvalue weighted by molar-refractivity contribution is 0.0297. The van der Waals surface area contributed by atoms with E-state index in [1.165, 1.54) is 50.2 Å². The van der Waals surface area contributed by atoms with Crippen molar-refractivity contribution in [1.82, 2.24) is 9.88 Å². The molecule has 11 nitrogen and oxygen atoms in total. The van der Waals surface area contributed by atoms with Gasteiger partial charge in [0.25, 0.3) is 0 Å². The maximum absolute atomic E-state index is 13.7. The maximum Gasteiger partial charge on any atom is 0.338 e. The van der Waals surface area contributed by atoms with Crippen LogP contribution in [0.1, 0.15) is 27.6 Å². The van der Waals surface area contributed by atoms with Gasteiger partial charge in [0.05, 0.1) is 62.1 Å². The number of carbonyl (C=O) groups excluding carboxylic acids is 1. The number of halogens is 2. The Morgan fingerprint density at radius 3 is 2.23 bits per heavy atom. The number of aromatic nitrogens is 1. The Morgan fingerprint density at radius 1 is 0.977 bits per heavy atom. The Hall–Kier alpha value is -3.29. The minimum atomic E-state index is -3.74. The number of anilines is 1. The summed E-state index contributed by atoms with van der Waals surface area (Å²) in [6.45, 7) is 3.19. The number of hydrogen-bond donors (Lipinski definition) is 0. The van der Waals surface area contributed by atoms with E-state index in [-0.39, 0.29) is 24.2 Å². The van der Waals surface area contributed by atoms with Crippen LogP contribution in [0.3, 0.4) is 0 Å². The van der Waals surface area contributed by atoms with Crippen molar-refractivity contribution in [2.45, 2.75) is 12.5 Å². The summed E-state index contributed by atoms with van der Waals surface area (Å²) in [4.78, 5) is 19.8. The van der Waals surface area contributed by atoms with Crippen LogP contribution in [-0.4, -0.2) is 91.2 Å². The summed E-state index contributed by atoms with van der Waals surface area (Å²) in [6, 6.07) is 9.68. The van der Waals surface area contributed by atoms with E-state index < -0.39 is 22.1 Å². The van der Waals surface area contributed by atoms with Crippen molar-refractivity contribution in [1.29, 1.82) is 0 Å². The Bertz CT molecular complexity index is 1550. The highest BCUT2D eigenvalue weighted by Crippen LogP contribution is 2.37. The van der Waals surface area contributed by atoms with Crippen molar-refractivity contribution in [3.8, 4) is 17.2 Å². The zero-order valence-corrected chi connectivity index (χ0v) is 27.2. The second-order valence-electron chi connectivity index (χ2n) is 9.97. The molecule has 3 aromatic rings. The van der Waals surface area contributed by atoms with Gasteiger partial charge in [0, 0.05) is 45.0 Å². The number of benzene rings is 2. The van der Waals surface area contributed by atoms with Crippen LogP contribution in [0, 0.1) is 0 Å². The van der Waals surface area contributed by atoms with Crippen molar-refractivity contribution < 1.29 is 36.9 Å². The van der Waals surface area contributed by atoms with Gasteiger partial charge in [-0.05, 0) is 41.5 Å². The first-order chi connectivity index (χ1) is 21.0. The highest BCUT2D eigenvalue weighted by Gasteiger charge is 2.27. The predicted molar refractivity (Wildman–Crippen MR) is 168 cm³/mol. The maximum atomic E-state index is 13.7. The molecule has 44 heavy (non-hydrogen) atoms. The van der Waals surface area contributed by atoms with Crippen LogP contribution in [0.15, 0.2) is 48.8 Å². The van der Waals surface area contributed by atoms with Gasteiger partial charge in [0.2, 0.25) is 10.0 Å². The molecule has 0 N–H and O–H groups in total. The minimum Gasteiger partial charge on any atom is -0.495 e. The fourth-order valence-electron chi connectivity index (χ4n) is 4.83. The molecule has 1 fully saturated rings. The smallest absolute Gasteiger partial charge is 0.338 e. The monoisotopic (exact) mass is 667 g/mol. The van der Waals surface area contributed by atoms with E-state index in [2.05, 4.69) is 9.88 Å². The van der Waals surface area contributed by atoms with E-state index in [4.69, 9.17) is 46.9 Å². The Kier molecular flexibility index (Phi) is 11.6. The number of methoxy groups -OCH3 is 3. The van der Waals surface area contributed by atoms with Crippen LogP contribution in [0.2, 0.25) is 10.0 Å². The first-order valence-corrected chi connectivity index (χ1v) is 16.3. The molecule has 2 heterocycles. The zero-order chi connectivity index (χ0) is 31.9. The van der Waals surface area contributed by atoms with Crippen LogP contribution < -0.4 is 18.5 Å². The number of pyridine rings is 1. The summed E-state index contributed by atoms with van der Waals surface area (Å²) < 4.78 is 54.9. The topological polar surface area (TPSA) is 117 Å². The highest BCUT2D eigenvalue weighted by molar-refractivity contribution is 7.92. The number of hydrogen-bond acceptors (Lipinski definition) is 10. The number of esters is 1. The number of ether oxygens (including phenoxy) is 5. The first-order valence-electron chi connectivity index (χ1n) is 13.7. The highest BCUT2D eigenvalue weighted by atomic mass is 35.5. The van der Waals surface area contributed by atoms with Crippen molar-refractivity contribution in [2.75, 3.05) is 71.3 Å². The molecular formula is C30H35Cl2N3O8S. The summed E-state index contributed by atoms with van der Waals surface area (Å²) >= 11 is 12.8. The first kappa shape index (κ1) is 33.6. The minimum absolute atomic E-state index is 0.123. The molecule has 0 bridgehead atoms. The zero-order valence-electron chi connectivity index (χ0n) is 24.9. The molecule has 4 rings (SSSR count). The summed E-state index contributed by atoms with van der Waals surface area (Å²) in [7, 11) is 0.723. The molecule has 0 saturated carbocycles. The standard InChI is InChI=1S/C30H35Cl2N3O8S/c1-39-26-7-6-21(15-25(26)35(44(4,37)38)10-9-34-11-13-42-14-12-34)30(36)43-28(17-22-23(31)18-33-19-24(22)32)20-5-8-27(40-2)29(16-20)41-3/h5-8,15-16,18-19,28H,9-14,17H2,1-4H3/t28-/m0/s1. The molecule has 1 aromatic heterocycles. The molecule has 0 amide bonds. The molecular weight excluding hydrogens is 633 g/mol. The second kappa shape index (κ2) is 15.1. The van der Waals surface area contributed by atoms with Gasteiger partial charge in [-0.25, -0.2) is 13.2 Å². The van der Waals surface area contributed by atoms with Crippen LogP contribution in [-0.2, 0) is 25.9 Å². The lowest BCUT2D eigenvalue weighted by Crippen LogP contribution is -2.43. The van der Waals surface area contributed by atoms with E-state index in [0.29, 0.717) is 71.3 Å². The van der Waals surface area contributed by atoms with Crippen LogP contribution in [0.4, 0.5) is 5.69 Å². The molecule has 238 valence electrons. The molecule has 14 heteroatoms.